The first-order chi connectivity index (χ1) is 15.8. The fourth-order valence-electron chi connectivity index (χ4n) is 5.55. The maximum Gasteiger partial charge on any atom is 0.102 e. The summed E-state index contributed by atoms with van der Waals surface area (Å²) in [7, 11) is 0. The van der Waals surface area contributed by atoms with Crippen molar-refractivity contribution in [3.05, 3.63) is 118 Å². The van der Waals surface area contributed by atoms with Gasteiger partial charge in [-0.15, -0.1) is 0 Å². The molecule has 6 aromatic rings. The van der Waals surface area contributed by atoms with Crippen LogP contribution in [0.3, 0.4) is 0 Å². The van der Waals surface area contributed by atoms with E-state index in [9.17, 15) is 5.26 Å². The number of nitriles is 1. The van der Waals surface area contributed by atoms with E-state index in [0.29, 0.717) is 0 Å². The fourth-order valence-corrected chi connectivity index (χ4v) is 5.55. The van der Waals surface area contributed by atoms with Crippen LogP contribution >= 0.6 is 0 Å². The van der Waals surface area contributed by atoms with Gasteiger partial charge in [0.15, 0.2) is 0 Å². The topological polar surface area (TPSA) is 28.2 Å². The first-order valence-corrected chi connectivity index (χ1v) is 10.9. The molecular formula is C30H18N2. The van der Waals surface area contributed by atoms with Crippen LogP contribution in [0.4, 0.5) is 0 Å². The minimum absolute atomic E-state index is 0.749. The van der Waals surface area contributed by atoms with Crippen molar-refractivity contribution in [1.82, 2.24) is 4.40 Å². The van der Waals surface area contributed by atoms with E-state index in [1.54, 1.807) is 0 Å². The van der Waals surface area contributed by atoms with E-state index in [1.165, 1.54) is 38.8 Å². The van der Waals surface area contributed by atoms with Gasteiger partial charge in [0.05, 0.1) is 22.1 Å². The fraction of sp³-hybridized carbons (Fsp3) is 0.0333. The van der Waals surface area contributed by atoms with Crippen LogP contribution in [-0.4, -0.2) is 4.40 Å². The lowest BCUT2D eigenvalue weighted by Gasteiger charge is -2.03. The molecule has 0 aliphatic heterocycles. The Hall–Kier alpha value is -4.35. The molecule has 4 aromatic carbocycles. The van der Waals surface area contributed by atoms with Gasteiger partial charge in [0, 0.05) is 21.6 Å². The Kier molecular flexibility index (Phi) is 3.30. The van der Waals surface area contributed by atoms with Crippen molar-refractivity contribution in [3.63, 3.8) is 0 Å². The van der Waals surface area contributed by atoms with Gasteiger partial charge in [-0.05, 0) is 47.4 Å². The number of hydrogen-bond acceptors (Lipinski definition) is 1. The largest absolute Gasteiger partial charge is 0.307 e. The van der Waals surface area contributed by atoms with Crippen LogP contribution in [0.1, 0.15) is 22.3 Å². The molecule has 0 atom stereocenters. The minimum Gasteiger partial charge on any atom is -0.307 e. The molecular weight excluding hydrogens is 388 g/mol. The van der Waals surface area contributed by atoms with Gasteiger partial charge in [-0.3, -0.25) is 0 Å². The highest BCUT2D eigenvalue weighted by Gasteiger charge is 2.27. The summed E-state index contributed by atoms with van der Waals surface area (Å²) in [5.74, 6) is 0. The summed E-state index contributed by atoms with van der Waals surface area (Å²) in [6, 6.07) is 34.7. The molecule has 7 rings (SSSR count). The highest BCUT2D eigenvalue weighted by molar-refractivity contribution is 6.10. The number of aryl methyl sites for hydroxylation is 1. The molecule has 0 amide bonds. The number of rotatable bonds is 0. The van der Waals surface area contributed by atoms with E-state index in [1.807, 2.05) is 6.07 Å². The summed E-state index contributed by atoms with van der Waals surface area (Å²) in [5.41, 5.74) is 11.4. The Morgan fingerprint density at radius 1 is 0.656 bits per heavy atom. The first-order valence-electron chi connectivity index (χ1n) is 10.9. The molecule has 1 aliphatic carbocycles. The molecule has 148 valence electrons. The van der Waals surface area contributed by atoms with Gasteiger partial charge < -0.3 is 4.40 Å². The van der Waals surface area contributed by atoms with Crippen molar-refractivity contribution in [2.75, 3.05) is 0 Å². The van der Waals surface area contributed by atoms with Crippen molar-refractivity contribution >= 4 is 32.9 Å². The molecule has 0 spiro atoms. The third kappa shape index (κ3) is 2.03. The van der Waals surface area contributed by atoms with Crippen LogP contribution < -0.4 is 5.22 Å². The van der Waals surface area contributed by atoms with Crippen LogP contribution in [0.2, 0.25) is 0 Å². The number of benzene rings is 4. The van der Waals surface area contributed by atoms with E-state index in [-0.39, 0.29) is 0 Å². The average molecular weight is 406 g/mol. The van der Waals surface area contributed by atoms with E-state index in [0.717, 1.165) is 32.7 Å². The Morgan fingerprint density at radius 3 is 1.94 bits per heavy atom. The molecule has 1 aliphatic rings. The van der Waals surface area contributed by atoms with Crippen molar-refractivity contribution in [2.24, 2.45) is 0 Å². The molecule has 2 aromatic heterocycles. The highest BCUT2D eigenvalue weighted by atomic mass is 14.9. The summed E-state index contributed by atoms with van der Waals surface area (Å²) >= 11 is 0. The monoisotopic (exact) mass is 406 g/mol. The number of fused-ring (bicyclic) bond motifs is 8. The van der Waals surface area contributed by atoms with E-state index in [4.69, 9.17) is 0 Å². The molecule has 2 heteroatoms. The molecule has 0 saturated carbocycles. The zero-order valence-electron chi connectivity index (χ0n) is 17.6. The zero-order valence-corrected chi connectivity index (χ0v) is 17.6. The van der Waals surface area contributed by atoms with Crippen molar-refractivity contribution in [1.29, 1.82) is 5.26 Å². The van der Waals surface area contributed by atoms with E-state index < -0.39 is 0 Å². The van der Waals surface area contributed by atoms with Crippen LogP contribution in [0.5, 0.6) is 0 Å². The number of nitrogens with zero attached hydrogens (tertiary/aromatic N) is 2. The molecule has 0 fully saturated rings. The van der Waals surface area contributed by atoms with Crippen LogP contribution in [0.15, 0.2) is 91.0 Å². The van der Waals surface area contributed by atoms with Crippen LogP contribution in [-0.2, 0) is 0 Å². The van der Waals surface area contributed by atoms with E-state index in [2.05, 4.69) is 102 Å². The second-order valence-corrected chi connectivity index (χ2v) is 8.55. The molecule has 0 saturated heterocycles. The lowest BCUT2D eigenvalue weighted by atomic mass is 9.98. The van der Waals surface area contributed by atoms with Gasteiger partial charge in [-0.2, -0.15) is 5.26 Å². The summed E-state index contributed by atoms with van der Waals surface area (Å²) < 4.78 is 2.29. The number of aromatic nitrogens is 1. The lowest BCUT2D eigenvalue weighted by molar-refractivity contribution is 1.35. The first kappa shape index (κ1) is 17.3. The van der Waals surface area contributed by atoms with Gasteiger partial charge in [0.2, 0.25) is 0 Å². The summed E-state index contributed by atoms with van der Waals surface area (Å²) in [4.78, 5) is 0. The smallest absolute Gasteiger partial charge is 0.102 e. The maximum atomic E-state index is 10.3. The van der Waals surface area contributed by atoms with Crippen molar-refractivity contribution in [3.8, 4) is 17.2 Å². The Labute approximate surface area is 185 Å². The summed E-state index contributed by atoms with van der Waals surface area (Å²) in [6.07, 6.45) is 0. The number of hydrogen-bond donors (Lipinski definition) is 0. The predicted molar refractivity (Wildman–Crippen MR) is 131 cm³/mol. The maximum absolute atomic E-state index is 10.3. The molecule has 0 unspecified atom stereocenters. The second-order valence-electron chi connectivity index (χ2n) is 8.55. The van der Waals surface area contributed by atoms with Gasteiger partial charge in [0.25, 0.3) is 0 Å². The van der Waals surface area contributed by atoms with Gasteiger partial charge in [-0.1, -0.05) is 78.4 Å². The molecule has 0 bridgehead atoms. The molecule has 0 radical (unpaired) electrons. The summed E-state index contributed by atoms with van der Waals surface area (Å²) in [5, 5.41) is 13.7. The predicted octanol–water partition coefficient (Wildman–Crippen LogP) is 6.37. The van der Waals surface area contributed by atoms with Crippen molar-refractivity contribution < 1.29 is 0 Å². The Bertz CT molecular complexity index is 1800. The zero-order chi connectivity index (χ0) is 21.4. The van der Waals surface area contributed by atoms with Crippen LogP contribution in [0.25, 0.3) is 44.0 Å². The van der Waals surface area contributed by atoms with Crippen molar-refractivity contribution in [2.45, 2.75) is 6.92 Å². The summed E-state index contributed by atoms with van der Waals surface area (Å²) in [6.45, 7) is 2.13. The highest BCUT2D eigenvalue weighted by Crippen LogP contribution is 2.43. The van der Waals surface area contributed by atoms with Crippen LogP contribution in [0, 0.1) is 18.3 Å². The minimum atomic E-state index is 0.749. The third-order valence-corrected chi connectivity index (χ3v) is 6.82. The average Bonchev–Trinajstić information content (AvgIpc) is 3.44. The lowest BCUT2D eigenvalue weighted by Crippen LogP contribution is -2.07. The van der Waals surface area contributed by atoms with E-state index >= 15 is 0 Å². The Morgan fingerprint density at radius 2 is 1.25 bits per heavy atom. The quantitative estimate of drug-likeness (QED) is 0.287. The Balaban J connectivity index is 1.88. The molecule has 32 heavy (non-hydrogen) atoms. The molecule has 2 heterocycles. The number of para-hydroxylation sites is 1. The van der Waals surface area contributed by atoms with Gasteiger partial charge >= 0.3 is 0 Å². The SMILES string of the molecule is Cc1ccc2c(c1)c(=C1c3ccccc3-c3ccccc31)c1c(C#N)c3ccccc3n12. The third-order valence-electron chi connectivity index (χ3n) is 6.82. The molecule has 0 N–H and O–H groups in total. The van der Waals surface area contributed by atoms with Gasteiger partial charge in [-0.25, -0.2) is 0 Å². The van der Waals surface area contributed by atoms with Gasteiger partial charge in [0.1, 0.15) is 6.07 Å². The standard InChI is InChI=1S/C30H18N2/c1-18-14-15-27-24(16-18)29(30-25(17-31)21-10-6-7-13-26(21)32(27)30)28-22-11-4-2-8-19(22)20-9-3-5-12-23(20)28/h2-16H,1H3. The second kappa shape index (κ2) is 6.09. The molecule has 2 nitrogen and oxygen atoms in total. The normalized spacial score (nSPS) is 12.4.